The number of ether oxygens (including phenoxy) is 3. The number of hydrogen-bond acceptors (Lipinski definition) is 5. The summed E-state index contributed by atoms with van der Waals surface area (Å²) in [6.45, 7) is 4.01. The third kappa shape index (κ3) is 4.29. The summed E-state index contributed by atoms with van der Waals surface area (Å²) < 4.78 is 17.0. The number of hydrogen-bond donors (Lipinski definition) is 0. The van der Waals surface area contributed by atoms with Crippen LogP contribution >= 0.6 is 0 Å². The highest BCUT2D eigenvalue weighted by Crippen LogP contribution is 2.31. The third-order valence-corrected chi connectivity index (χ3v) is 4.33. The van der Waals surface area contributed by atoms with Crippen LogP contribution in [0.15, 0.2) is 72.8 Å². The first-order valence-electron chi connectivity index (χ1n) is 9.48. The van der Waals surface area contributed by atoms with Crippen LogP contribution in [-0.2, 0) is 0 Å². The fourth-order valence-electron chi connectivity index (χ4n) is 2.96. The molecule has 0 unspecified atom stereocenters. The van der Waals surface area contributed by atoms with Crippen molar-refractivity contribution in [1.82, 2.24) is 9.97 Å². The van der Waals surface area contributed by atoms with Gasteiger partial charge in [0.1, 0.15) is 17.2 Å². The lowest BCUT2D eigenvalue weighted by Crippen LogP contribution is -2.05. The van der Waals surface area contributed by atoms with E-state index in [-0.39, 0.29) is 6.10 Å². The summed E-state index contributed by atoms with van der Waals surface area (Å²) in [5.74, 6) is 3.39. The second-order valence-corrected chi connectivity index (χ2v) is 6.84. The van der Waals surface area contributed by atoms with Gasteiger partial charge in [-0.25, -0.2) is 4.98 Å². The van der Waals surface area contributed by atoms with Gasteiger partial charge in [-0.2, -0.15) is 4.98 Å². The standard InChI is InChI=1S/C24H22N2O3/c1-16(2)28-19-10-8-17(9-11-19)23-25-22-7-5-4-6-21(22)24(26-23)29-20-14-12-18(27-3)13-15-20/h4-16H,1-3H3. The minimum absolute atomic E-state index is 0.127. The smallest absolute Gasteiger partial charge is 0.230 e. The van der Waals surface area contributed by atoms with Crippen molar-refractivity contribution < 1.29 is 14.2 Å². The SMILES string of the molecule is COc1ccc(Oc2nc(-c3ccc(OC(C)C)cc3)nc3ccccc23)cc1. The monoisotopic (exact) mass is 386 g/mol. The Morgan fingerprint density at radius 3 is 2.07 bits per heavy atom. The largest absolute Gasteiger partial charge is 0.497 e. The Kier molecular flexibility index (Phi) is 5.29. The molecule has 4 rings (SSSR count). The van der Waals surface area contributed by atoms with Crippen molar-refractivity contribution in [2.45, 2.75) is 20.0 Å². The highest BCUT2D eigenvalue weighted by atomic mass is 16.5. The fraction of sp³-hybridized carbons (Fsp3) is 0.167. The Labute approximate surface area is 169 Å². The molecule has 146 valence electrons. The van der Waals surface area contributed by atoms with Gasteiger partial charge in [-0.1, -0.05) is 12.1 Å². The summed E-state index contributed by atoms with van der Waals surface area (Å²) in [7, 11) is 1.64. The number of fused-ring (bicyclic) bond motifs is 1. The van der Waals surface area contributed by atoms with Crippen molar-refractivity contribution in [3.05, 3.63) is 72.8 Å². The molecule has 3 aromatic carbocycles. The van der Waals surface area contributed by atoms with E-state index in [4.69, 9.17) is 24.2 Å². The highest BCUT2D eigenvalue weighted by molar-refractivity contribution is 5.85. The minimum Gasteiger partial charge on any atom is -0.497 e. The maximum atomic E-state index is 6.10. The number of benzene rings is 3. The van der Waals surface area contributed by atoms with Gasteiger partial charge in [0.05, 0.1) is 24.1 Å². The van der Waals surface area contributed by atoms with Gasteiger partial charge in [0.25, 0.3) is 0 Å². The maximum absolute atomic E-state index is 6.10. The van der Waals surface area contributed by atoms with Crippen LogP contribution in [0.3, 0.4) is 0 Å². The van der Waals surface area contributed by atoms with Gasteiger partial charge in [0.15, 0.2) is 5.82 Å². The molecule has 0 bridgehead atoms. The van der Waals surface area contributed by atoms with E-state index in [0.717, 1.165) is 28.0 Å². The molecule has 0 amide bonds. The topological polar surface area (TPSA) is 53.5 Å². The van der Waals surface area contributed by atoms with Gasteiger partial charge < -0.3 is 14.2 Å². The number of para-hydroxylation sites is 1. The molecule has 0 saturated heterocycles. The Morgan fingerprint density at radius 2 is 1.38 bits per heavy atom. The molecule has 1 heterocycles. The lowest BCUT2D eigenvalue weighted by Gasteiger charge is -2.12. The average Bonchev–Trinajstić information content (AvgIpc) is 2.74. The minimum atomic E-state index is 0.127. The van der Waals surface area contributed by atoms with Crippen molar-refractivity contribution in [2.24, 2.45) is 0 Å². The molecule has 0 saturated carbocycles. The Balaban J connectivity index is 1.72. The van der Waals surface area contributed by atoms with E-state index >= 15 is 0 Å². The van der Waals surface area contributed by atoms with Crippen molar-refractivity contribution in [3.8, 4) is 34.5 Å². The number of aromatic nitrogens is 2. The van der Waals surface area contributed by atoms with Crippen molar-refractivity contribution in [1.29, 1.82) is 0 Å². The number of rotatable bonds is 6. The summed E-state index contributed by atoms with van der Waals surface area (Å²) >= 11 is 0. The molecular formula is C24H22N2O3. The molecule has 0 spiro atoms. The lowest BCUT2D eigenvalue weighted by molar-refractivity contribution is 0.242. The van der Waals surface area contributed by atoms with Crippen LogP contribution in [0, 0.1) is 0 Å². The van der Waals surface area contributed by atoms with Crippen molar-refractivity contribution >= 4 is 10.9 Å². The zero-order chi connectivity index (χ0) is 20.2. The average molecular weight is 386 g/mol. The summed E-state index contributed by atoms with van der Waals surface area (Å²) in [5.41, 5.74) is 1.72. The predicted octanol–water partition coefficient (Wildman–Crippen LogP) is 5.88. The second kappa shape index (κ2) is 8.19. The van der Waals surface area contributed by atoms with E-state index in [1.165, 1.54) is 0 Å². The van der Waals surface area contributed by atoms with E-state index in [1.807, 2.05) is 86.6 Å². The fourth-order valence-corrected chi connectivity index (χ4v) is 2.96. The molecule has 0 radical (unpaired) electrons. The van der Waals surface area contributed by atoms with Gasteiger partial charge >= 0.3 is 0 Å². The summed E-state index contributed by atoms with van der Waals surface area (Å²) in [4.78, 5) is 9.41. The normalized spacial score (nSPS) is 10.9. The van der Waals surface area contributed by atoms with E-state index in [1.54, 1.807) is 7.11 Å². The molecule has 5 heteroatoms. The van der Waals surface area contributed by atoms with Gasteiger partial charge in [0, 0.05) is 5.56 Å². The van der Waals surface area contributed by atoms with E-state index in [0.29, 0.717) is 17.5 Å². The van der Waals surface area contributed by atoms with Crippen LogP contribution < -0.4 is 14.2 Å². The first-order valence-corrected chi connectivity index (χ1v) is 9.48. The third-order valence-electron chi connectivity index (χ3n) is 4.33. The molecule has 0 N–H and O–H groups in total. The molecule has 5 nitrogen and oxygen atoms in total. The first-order chi connectivity index (χ1) is 14.1. The van der Waals surface area contributed by atoms with Gasteiger partial charge in [0.2, 0.25) is 5.88 Å². The molecule has 1 aromatic heterocycles. The van der Waals surface area contributed by atoms with Crippen LogP contribution in [0.1, 0.15) is 13.8 Å². The molecule has 0 atom stereocenters. The lowest BCUT2D eigenvalue weighted by atomic mass is 10.2. The summed E-state index contributed by atoms with van der Waals surface area (Å²) in [6, 6.07) is 23.0. The number of methoxy groups -OCH3 is 1. The Hall–Kier alpha value is -3.60. The molecule has 0 fully saturated rings. The molecule has 4 aromatic rings. The van der Waals surface area contributed by atoms with Gasteiger partial charge in [-0.3, -0.25) is 0 Å². The van der Waals surface area contributed by atoms with E-state index in [9.17, 15) is 0 Å². The van der Waals surface area contributed by atoms with Crippen LogP contribution in [0.4, 0.5) is 0 Å². The van der Waals surface area contributed by atoms with Crippen LogP contribution in [0.25, 0.3) is 22.3 Å². The van der Waals surface area contributed by atoms with E-state index in [2.05, 4.69) is 0 Å². The second-order valence-electron chi connectivity index (χ2n) is 6.84. The molecule has 0 aliphatic carbocycles. The van der Waals surface area contributed by atoms with Gasteiger partial charge in [-0.05, 0) is 74.5 Å². The Bertz CT molecular complexity index is 1110. The summed E-state index contributed by atoms with van der Waals surface area (Å²) in [5, 5.41) is 0.854. The highest BCUT2D eigenvalue weighted by Gasteiger charge is 2.12. The maximum Gasteiger partial charge on any atom is 0.230 e. The van der Waals surface area contributed by atoms with Crippen LogP contribution in [0.2, 0.25) is 0 Å². The molecule has 0 aliphatic heterocycles. The predicted molar refractivity (Wildman–Crippen MR) is 114 cm³/mol. The molecule has 29 heavy (non-hydrogen) atoms. The zero-order valence-electron chi connectivity index (χ0n) is 16.6. The van der Waals surface area contributed by atoms with Crippen molar-refractivity contribution in [3.63, 3.8) is 0 Å². The van der Waals surface area contributed by atoms with E-state index < -0.39 is 0 Å². The van der Waals surface area contributed by atoms with Crippen LogP contribution in [0.5, 0.6) is 23.1 Å². The molecular weight excluding hydrogens is 364 g/mol. The number of nitrogens with zero attached hydrogens (tertiary/aromatic N) is 2. The Morgan fingerprint density at radius 1 is 0.724 bits per heavy atom. The summed E-state index contributed by atoms with van der Waals surface area (Å²) in [6.07, 6.45) is 0.127. The van der Waals surface area contributed by atoms with Gasteiger partial charge in [-0.15, -0.1) is 0 Å². The quantitative estimate of drug-likeness (QED) is 0.414. The zero-order valence-corrected chi connectivity index (χ0v) is 16.6. The van der Waals surface area contributed by atoms with Crippen molar-refractivity contribution in [2.75, 3.05) is 7.11 Å². The molecule has 0 aliphatic rings. The first kappa shape index (κ1) is 18.7. The van der Waals surface area contributed by atoms with Crippen LogP contribution in [-0.4, -0.2) is 23.2 Å².